The molecule has 3 nitrogen and oxygen atoms in total. The molecule has 0 aliphatic carbocycles. The van der Waals surface area contributed by atoms with Gasteiger partial charge >= 0.3 is 5.97 Å². The molecular formula is C15H17NO2S. The fourth-order valence-electron chi connectivity index (χ4n) is 1.91. The Kier molecular flexibility index (Phi) is 4.22. The van der Waals surface area contributed by atoms with Crippen LogP contribution >= 0.6 is 11.3 Å². The number of hydrogen-bond donors (Lipinski definition) is 1. The van der Waals surface area contributed by atoms with E-state index in [-0.39, 0.29) is 11.9 Å². The molecule has 2 rings (SSSR count). The molecule has 0 radical (unpaired) electrons. The molecule has 0 spiro atoms. The average molecular weight is 275 g/mol. The summed E-state index contributed by atoms with van der Waals surface area (Å²) in [5.41, 5.74) is 7.59. The van der Waals surface area contributed by atoms with Gasteiger partial charge in [-0.15, -0.1) is 11.3 Å². The van der Waals surface area contributed by atoms with Crippen LogP contribution in [0.1, 0.15) is 40.6 Å². The number of anilines is 1. The van der Waals surface area contributed by atoms with E-state index < -0.39 is 0 Å². The molecule has 1 aromatic carbocycles. The van der Waals surface area contributed by atoms with E-state index in [0.717, 1.165) is 4.88 Å². The van der Waals surface area contributed by atoms with Gasteiger partial charge in [0.1, 0.15) is 5.00 Å². The van der Waals surface area contributed by atoms with Crippen LogP contribution in [0, 0.1) is 0 Å². The Morgan fingerprint density at radius 1 is 1.37 bits per heavy atom. The van der Waals surface area contributed by atoms with Crippen molar-refractivity contribution < 1.29 is 9.53 Å². The monoisotopic (exact) mass is 275 g/mol. The predicted molar refractivity (Wildman–Crippen MR) is 78.6 cm³/mol. The zero-order chi connectivity index (χ0) is 13.8. The number of nitrogen functional groups attached to an aromatic ring is 1. The van der Waals surface area contributed by atoms with Crippen molar-refractivity contribution in [1.82, 2.24) is 0 Å². The first-order valence-corrected chi connectivity index (χ1v) is 7.06. The van der Waals surface area contributed by atoms with Gasteiger partial charge in [0.25, 0.3) is 0 Å². The van der Waals surface area contributed by atoms with Crippen LogP contribution in [0.5, 0.6) is 0 Å². The van der Waals surface area contributed by atoms with Crippen LogP contribution in [-0.2, 0) is 4.74 Å². The molecule has 100 valence electrons. The molecular weight excluding hydrogens is 258 g/mol. The largest absolute Gasteiger partial charge is 0.462 e. The summed E-state index contributed by atoms with van der Waals surface area (Å²) < 4.78 is 5.00. The zero-order valence-corrected chi connectivity index (χ0v) is 11.9. The third-order valence-corrected chi connectivity index (χ3v) is 4.15. The molecule has 0 fully saturated rings. The Hall–Kier alpha value is -1.81. The molecule has 19 heavy (non-hydrogen) atoms. The molecule has 1 aromatic heterocycles. The van der Waals surface area contributed by atoms with Crippen LogP contribution in [0.3, 0.4) is 0 Å². The number of rotatable bonds is 4. The number of thiophene rings is 1. The summed E-state index contributed by atoms with van der Waals surface area (Å²) in [5.74, 6) is -0.126. The maximum Gasteiger partial charge on any atom is 0.341 e. The lowest BCUT2D eigenvalue weighted by Gasteiger charge is -2.08. The highest BCUT2D eigenvalue weighted by atomic mass is 32.1. The summed E-state index contributed by atoms with van der Waals surface area (Å²) in [6.07, 6.45) is 0. The van der Waals surface area contributed by atoms with Gasteiger partial charge in [-0.1, -0.05) is 37.3 Å². The normalized spacial score (nSPS) is 12.1. The highest BCUT2D eigenvalue weighted by Crippen LogP contribution is 2.34. The fraction of sp³-hybridized carbons (Fsp3) is 0.267. The number of esters is 1. The molecule has 2 aromatic rings. The Morgan fingerprint density at radius 2 is 2.05 bits per heavy atom. The molecule has 1 atom stereocenters. The van der Waals surface area contributed by atoms with Gasteiger partial charge in [0.05, 0.1) is 12.2 Å². The summed E-state index contributed by atoms with van der Waals surface area (Å²) >= 11 is 1.45. The van der Waals surface area contributed by atoms with E-state index in [0.29, 0.717) is 17.2 Å². The van der Waals surface area contributed by atoms with E-state index in [4.69, 9.17) is 10.5 Å². The Labute approximate surface area is 117 Å². The van der Waals surface area contributed by atoms with Gasteiger partial charge in [-0.05, 0) is 18.6 Å². The lowest BCUT2D eigenvalue weighted by atomic mass is 9.99. The van der Waals surface area contributed by atoms with Crippen molar-refractivity contribution in [3.05, 3.63) is 52.4 Å². The van der Waals surface area contributed by atoms with Crippen molar-refractivity contribution in [1.29, 1.82) is 0 Å². The quantitative estimate of drug-likeness (QED) is 0.866. The van der Waals surface area contributed by atoms with Crippen molar-refractivity contribution in [3.8, 4) is 0 Å². The molecule has 0 aliphatic rings. The maximum absolute atomic E-state index is 11.7. The molecule has 4 heteroatoms. The molecule has 2 N–H and O–H groups in total. The lowest BCUT2D eigenvalue weighted by Crippen LogP contribution is -2.05. The Balaban J connectivity index is 2.27. The fourth-order valence-corrected chi connectivity index (χ4v) is 2.91. The minimum atomic E-state index is -0.345. The summed E-state index contributed by atoms with van der Waals surface area (Å²) in [4.78, 5) is 12.8. The summed E-state index contributed by atoms with van der Waals surface area (Å²) in [7, 11) is 0. The highest BCUT2D eigenvalue weighted by molar-refractivity contribution is 7.16. The molecule has 1 heterocycles. The molecule has 0 aliphatic heterocycles. The van der Waals surface area contributed by atoms with Crippen LogP contribution in [0.15, 0.2) is 36.4 Å². The molecule has 0 saturated heterocycles. The number of carbonyl (C=O) groups is 1. The van der Waals surface area contributed by atoms with Crippen molar-refractivity contribution in [3.63, 3.8) is 0 Å². The van der Waals surface area contributed by atoms with E-state index in [1.165, 1.54) is 16.9 Å². The third kappa shape index (κ3) is 2.96. The smallest absolute Gasteiger partial charge is 0.341 e. The first kappa shape index (κ1) is 13.6. The van der Waals surface area contributed by atoms with Crippen LogP contribution in [0.25, 0.3) is 0 Å². The average Bonchev–Trinajstić information content (AvgIpc) is 2.81. The van der Waals surface area contributed by atoms with E-state index >= 15 is 0 Å². The van der Waals surface area contributed by atoms with Crippen LogP contribution < -0.4 is 5.73 Å². The van der Waals surface area contributed by atoms with Gasteiger partial charge in [0.15, 0.2) is 0 Å². The SMILES string of the molecule is CCOC(=O)c1cc([C@@H](C)c2ccccc2)sc1N. The predicted octanol–water partition coefficient (Wildman–Crippen LogP) is 3.66. The standard InChI is InChI=1S/C15H17NO2S/c1-3-18-15(17)12-9-13(19-14(12)16)10(2)11-7-5-4-6-8-11/h4-10H,3,16H2,1-2H3/t10-/m0/s1. The summed E-state index contributed by atoms with van der Waals surface area (Å²) in [6, 6.07) is 12.0. The van der Waals surface area contributed by atoms with Crippen molar-refractivity contribution >= 4 is 22.3 Å². The summed E-state index contributed by atoms with van der Waals surface area (Å²) in [6.45, 7) is 4.25. The van der Waals surface area contributed by atoms with Gasteiger partial charge in [-0.25, -0.2) is 4.79 Å². The van der Waals surface area contributed by atoms with Gasteiger partial charge in [0.2, 0.25) is 0 Å². The number of hydrogen-bond acceptors (Lipinski definition) is 4. The maximum atomic E-state index is 11.7. The topological polar surface area (TPSA) is 52.3 Å². The third-order valence-electron chi connectivity index (χ3n) is 3.00. The molecule has 0 bridgehead atoms. The van der Waals surface area contributed by atoms with E-state index in [1.807, 2.05) is 24.3 Å². The van der Waals surface area contributed by atoms with Gasteiger partial charge in [0, 0.05) is 10.8 Å². The number of ether oxygens (including phenoxy) is 1. The second-order valence-corrected chi connectivity index (χ2v) is 5.39. The molecule has 0 unspecified atom stereocenters. The van der Waals surface area contributed by atoms with Crippen LogP contribution in [0.4, 0.5) is 5.00 Å². The van der Waals surface area contributed by atoms with Crippen molar-refractivity contribution in [2.24, 2.45) is 0 Å². The minimum Gasteiger partial charge on any atom is -0.462 e. The number of carbonyl (C=O) groups excluding carboxylic acids is 1. The highest BCUT2D eigenvalue weighted by Gasteiger charge is 2.18. The zero-order valence-electron chi connectivity index (χ0n) is 11.1. The number of benzene rings is 1. The molecule has 0 saturated carbocycles. The van der Waals surface area contributed by atoms with E-state index in [1.54, 1.807) is 6.92 Å². The van der Waals surface area contributed by atoms with Crippen LogP contribution in [-0.4, -0.2) is 12.6 Å². The number of nitrogens with two attached hydrogens (primary N) is 1. The van der Waals surface area contributed by atoms with Gasteiger partial charge in [-0.2, -0.15) is 0 Å². The summed E-state index contributed by atoms with van der Waals surface area (Å²) in [5, 5.41) is 0.524. The van der Waals surface area contributed by atoms with E-state index in [2.05, 4.69) is 19.1 Å². The van der Waals surface area contributed by atoms with Gasteiger partial charge < -0.3 is 10.5 Å². The second-order valence-electron chi connectivity index (χ2n) is 4.28. The minimum absolute atomic E-state index is 0.219. The van der Waals surface area contributed by atoms with Gasteiger partial charge in [-0.3, -0.25) is 0 Å². The molecule has 0 amide bonds. The lowest BCUT2D eigenvalue weighted by molar-refractivity contribution is 0.0528. The Bertz CT molecular complexity index is 563. The Morgan fingerprint density at radius 3 is 2.68 bits per heavy atom. The van der Waals surface area contributed by atoms with Crippen molar-refractivity contribution in [2.75, 3.05) is 12.3 Å². The second kappa shape index (κ2) is 5.89. The first-order chi connectivity index (χ1) is 9.13. The first-order valence-electron chi connectivity index (χ1n) is 6.24. The van der Waals surface area contributed by atoms with E-state index in [9.17, 15) is 4.79 Å². The van der Waals surface area contributed by atoms with Crippen LogP contribution in [0.2, 0.25) is 0 Å². The van der Waals surface area contributed by atoms with Crippen molar-refractivity contribution in [2.45, 2.75) is 19.8 Å².